The molecule has 0 amide bonds. The van der Waals surface area contributed by atoms with E-state index in [-0.39, 0.29) is 0 Å². The Morgan fingerprint density at radius 1 is 0.164 bits per heavy atom. The van der Waals surface area contributed by atoms with Gasteiger partial charge in [-0.15, -0.1) is 0 Å². The SMILES string of the molecule is c1ccc(-c2cc(-c3ccc(-c4cccc(-c5ccccc5-c5cc(-c6ccc7ccccc7c6)nc(-c6ccc(-c7ccc8c(c7)Oc7ccccc7C87c8ccccc8-c8ccccc87)cc6)n5)c4)cc3)nc(-c3ccc(-c4ccc5c(c4)Oc4ccccc4C54c5ccccc5-c5ccccc54)cc3)n2)cc1. The van der Waals surface area contributed by atoms with Gasteiger partial charge in [0.1, 0.15) is 23.0 Å². The van der Waals surface area contributed by atoms with Gasteiger partial charge in [-0.3, -0.25) is 0 Å². The van der Waals surface area contributed by atoms with Crippen molar-refractivity contribution in [3.63, 3.8) is 0 Å². The summed E-state index contributed by atoms with van der Waals surface area (Å²) in [5, 5.41) is 2.32. The van der Waals surface area contributed by atoms with Crippen molar-refractivity contribution in [1.29, 1.82) is 0 Å². The Morgan fingerprint density at radius 2 is 0.491 bits per heavy atom. The average Bonchev–Trinajstić information content (AvgIpc) is 1.47. The number of aromatic nitrogens is 4. The van der Waals surface area contributed by atoms with E-state index in [0.29, 0.717) is 11.6 Å². The van der Waals surface area contributed by atoms with E-state index in [9.17, 15) is 0 Å². The minimum absolute atomic E-state index is 0.518. The van der Waals surface area contributed by atoms with Gasteiger partial charge in [0.05, 0.1) is 33.6 Å². The maximum atomic E-state index is 6.92. The molecule has 0 bridgehead atoms. The first-order valence-electron chi connectivity index (χ1n) is 37.5. The molecule has 0 fully saturated rings. The monoisotopic (exact) mass is 1400 g/mol. The van der Waals surface area contributed by atoms with Crippen LogP contribution in [0.4, 0.5) is 0 Å². The molecule has 6 nitrogen and oxygen atoms in total. The second-order valence-electron chi connectivity index (χ2n) is 29.0. The van der Waals surface area contributed by atoms with Crippen LogP contribution in [0.2, 0.25) is 0 Å². The van der Waals surface area contributed by atoms with E-state index in [1.807, 2.05) is 6.07 Å². The molecule has 18 aromatic rings. The fourth-order valence-electron chi connectivity index (χ4n) is 18.1. The number of fused-ring (bicyclic) bond motifs is 19. The second kappa shape index (κ2) is 25.1. The van der Waals surface area contributed by atoms with Crippen molar-refractivity contribution in [2.45, 2.75) is 10.8 Å². The summed E-state index contributed by atoms with van der Waals surface area (Å²) in [6.45, 7) is 0. The lowest BCUT2D eigenvalue weighted by Gasteiger charge is -2.39. The molecule has 0 unspecified atom stereocenters. The number of ether oxygens (including phenoxy) is 2. The molecule has 2 aromatic heterocycles. The van der Waals surface area contributed by atoms with Crippen molar-refractivity contribution in [3.8, 4) is 158 Å². The summed E-state index contributed by atoms with van der Waals surface area (Å²) >= 11 is 0. The molecule has 2 spiro atoms. The van der Waals surface area contributed by atoms with Crippen molar-refractivity contribution < 1.29 is 9.47 Å². The topological polar surface area (TPSA) is 70.0 Å². The third-order valence-electron chi connectivity index (χ3n) is 23.1. The van der Waals surface area contributed by atoms with Gasteiger partial charge in [0.15, 0.2) is 11.6 Å². The van der Waals surface area contributed by atoms with E-state index in [0.717, 1.165) is 151 Å². The van der Waals surface area contributed by atoms with Crippen molar-refractivity contribution in [3.05, 3.63) is 433 Å². The Kier molecular flexibility index (Phi) is 14.3. The minimum atomic E-state index is -0.528. The first kappa shape index (κ1) is 62.9. The summed E-state index contributed by atoms with van der Waals surface area (Å²) in [6, 6.07) is 139. The van der Waals surface area contributed by atoms with Crippen molar-refractivity contribution >= 4 is 10.8 Å². The highest BCUT2D eigenvalue weighted by Gasteiger charge is 2.52. The molecular weight excluding hydrogens is 1340 g/mol. The Hall–Kier alpha value is -14.5. The van der Waals surface area contributed by atoms with Gasteiger partial charge < -0.3 is 9.47 Å². The van der Waals surface area contributed by atoms with Crippen LogP contribution < -0.4 is 9.47 Å². The van der Waals surface area contributed by atoms with Crippen molar-refractivity contribution in [1.82, 2.24) is 19.9 Å². The first-order chi connectivity index (χ1) is 54.5. The van der Waals surface area contributed by atoms with E-state index in [4.69, 9.17) is 29.4 Å². The summed E-state index contributed by atoms with van der Waals surface area (Å²) in [6.07, 6.45) is 0. The van der Waals surface area contributed by atoms with Gasteiger partial charge in [0.25, 0.3) is 0 Å². The Morgan fingerprint density at radius 3 is 1.00 bits per heavy atom. The van der Waals surface area contributed by atoms with Crippen LogP contribution >= 0.6 is 0 Å². The molecule has 0 saturated heterocycles. The highest BCUT2D eigenvalue weighted by atomic mass is 16.5. The summed E-state index contributed by atoms with van der Waals surface area (Å²) < 4.78 is 13.8. The van der Waals surface area contributed by atoms with Gasteiger partial charge >= 0.3 is 0 Å². The minimum Gasteiger partial charge on any atom is -0.457 e. The predicted octanol–water partition coefficient (Wildman–Crippen LogP) is 26.0. The summed E-state index contributed by atoms with van der Waals surface area (Å²) in [5.74, 6) is 4.72. The van der Waals surface area contributed by atoms with Gasteiger partial charge in [-0.05, 0) is 148 Å². The van der Waals surface area contributed by atoms with Crippen LogP contribution in [0.3, 0.4) is 0 Å². The normalized spacial score (nSPS) is 13.2. The summed E-state index contributed by atoms with van der Waals surface area (Å²) in [5.41, 5.74) is 31.4. The largest absolute Gasteiger partial charge is 0.457 e. The number of rotatable bonds is 10. The van der Waals surface area contributed by atoms with Crippen LogP contribution in [-0.4, -0.2) is 19.9 Å². The maximum Gasteiger partial charge on any atom is 0.160 e. The Labute approximate surface area is 637 Å². The molecule has 4 heterocycles. The van der Waals surface area contributed by atoms with E-state index < -0.39 is 10.8 Å². The smallest absolute Gasteiger partial charge is 0.160 e. The number of hydrogen-bond acceptors (Lipinski definition) is 6. The van der Waals surface area contributed by atoms with Crippen LogP contribution in [0.15, 0.2) is 388 Å². The van der Waals surface area contributed by atoms with Crippen LogP contribution in [0.1, 0.15) is 44.5 Å². The zero-order chi connectivity index (χ0) is 72.4. The van der Waals surface area contributed by atoms with Gasteiger partial charge in [-0.2, -0.15) is 0 Å². The highest BCUT2D eigenvalue weighted by molar-refractivity contribution is 5.94. The van der Waals surface area contributed by atoms with Crippen molar-refractivity contribution in [2.75, 3.05) is 0 Å². The average molecular weight is 1400 g/mol. The van der Waals surface area contributed by atoms with Crippen molar-refractivity contribution in [2.24, 2.45) is 0 Å². The van der Waals surface area contributed by atoms with Crippen LogP contribution in [0.5, 0.6) is 23.0 Å². The molecule has 2 aliphatic heterocycles. The maximum absolute atomic E-state index is 6.92. The van der Waals surface area contributed by atoms with Crippen LogP contribution in [0.25, 0.3) is 145 Å². The molecule has 6 heteroatoms. The summed E-state index contributed by atoms with van der Waals surface area (Å²) in [7, 11) is 0. The Balaban J connectivity index is 0.573. The predicted molar refractivity (Wildman–Crippen MR) is 444 cm³/mol. The van der Waals surface area contributed by atoms with Gasteiger partial charge in [-0.1, -0.05) is 340 Å². The Bertz CT molecular complexity index is 6690. The van der Waals surface area contributed by atoms with Gasteiger partial charge in [0.2, 0.25) is 0 Å². The molecular formula is C104H64N4O2. The third-order valence-corrected chi connectivity index (χ3v) is 23.1. The fraction of sp³-hybridized carbons (Fsp3) is 0.0192. The van der Waals surface area contributed by atoms with E-state index in [1.54, 1.807) is 0 Å². The molecule has 4 aliphatic rings. The number of hydrogen-bond donors (Lipinski definition) is 0. The molecule has 0 saturated carbocycles. The number of benzene rings is 16. The van der Waals surface area contributed by atoms with Gasteiger partial charge in [0, 0.05) is 55.6 Å². The molecule has 0 radical (unpaired) electrons. The molecule has 110 heavy (non-hydrogen) atoms. The first-order valence-corrected chi connectivity index (χ1v) is 37.5. The molecule has 16 aromatic carbocycles. The van der Waals surface area contributed by atoms with E-state index in [1.165, 1.54) is 49.9 Å². The molecule has 2 aliphatic carbocycles. The highest BCUT2D eigenvalue weighted by Crippen LogP contribution is 2.64. The number of nitrogens with zero attached hydrogens (tertiary/aromatic N) is 4. The standard InChI is InChI=1S/C104H64N4O2/c1-2-22-69(23-3-1)93-63-94(106-101(105-93)71-50-43-67(44-51-71)75-55-57-91-99(61-75)109-97-39-18-16-37-89(97)103(91)85-33-12-8-28-80(85)81-29-9-13-34-86(81)103)70-48-41-66(42-49-70)74-25-20-26-77(59-74)79-27-6-7-32-84(79)96-64-95(78-54-47-65-21-4-5-24-73(65)60-78)107-102(108-96)72-52-45-68(46-53-72)76-56-58-92-100(62-76)110-98-40-19-17-38-90(98)104(92)87-35-14-10-30-82(87)83-31-11-15-36-88(83)104/h1-64H. The van der Waals surface area contributed by atoms with E-state index in [2.05, 4.69) is 382 Å². The lowest BCUT2D eigenvalue weighted by atomic mass is 9.66. The summed E-state index contributed by atoms with van der Waals surface area (Å²) in [4.78, 5) is 21.5. The zero-order valence-corrected chi connectivity index (χ0v) is 59.6. The fourth-order valence-corrected chi connectivity index (χ4v) is 18.1. The molecule has 512 valence electrons. The van der Waals surface area contributed by atoms with Crippen LogP contribution in [0, 0.1) is 0 Å². The molecule has 22 rings (SSSR count). The quantitative estimate of drug-likeness (QED) is 0.136. The zero-order valence-electron chi connectivity index (χ0n) is 59.6. The molecule has 0 N–H and O–H groups in total. The second-order valence-corrected chi connectivity index (χ2v) is 29.0. The van der Waals surface area contributed by atoms with Gasteiger partial charge in [-0.25, -0.2) is 19.9 Å². The van der Waals surface area contributed by atoms with Crippen LogP contribution in [-0.2, 0) is 10.8 Å². The van der Waals surface area contributed by atoms with E-state index >= 15 is 0 Å². The lowest BCUT2D eigenvalue weighted by molar-refractivity contribution is 0.436. The third kappa shape index (κ3) is 9.89. The lowest BCUT2D eigenvalue weighted by Crippen LogP contribution is -2.32. The molecule has 0 atom stereocenters. The number of para-hydroxylation sites is 2.